The van der Waals surface area contributed by atoms with Crippen LogP contribution in [0, 0.1) is 0 Å². The number of carbonyl (C=O) groups excluding carboxylic acids is 1. The minimum atomic E-state index is -0.0478. The zero-order chi connectivity index (χ0) is 13.5. The van der Waals surface area contributed by atoms with Crippen molar-refractivity contribution in [1.29, 1.82) is 0 Å². The number of carbonyl (C=O) groups is 1. The van der Waals surface area contributed by atoms with Crippen molar-refractivity contribution in [1.82, 2.24) is 5.32 Å². The van der Waals surface area contributed by atoms with Crippen molar-refractivity contribution in [2.75, 3.05) is 12.3 Å². The van der Waals surface area contributed by atoms with Gasteiger partial charge >= 0.3 is 0 Å². The van der Waals surface area contributed by atoms with Crippen molar-refractivity contribution in [2.24, 2.45) is 0 Å². The van der Waals surface area contributed by atoms with Gasteiger partial charge < -0.3 is 5.32 Å². The molecule has 2 rings (SSSR count). The fraction of sp³-hybridized carbons (Fsp3) is 0.214. The maximum absolute atomic E-state index is 11.8. The van der Waals surface area contributed by atoms with Crippen molar-refractivity contribution < 1.29 is 4.79 Å². The molecule has 0 aliphatic heterocycles. The van der Waals surface area contributed by atoms with Gasteiger partial charge in [0.15, 0.2) is 0 Å². The molecule has 2 aromatic rings. The largest absolute Gasteiger partial charge is 0.351 e. The first kappa shape index (κ1) is 14.4. The molecule has 19 heavy (non-hydrogen) atoms. The second-order valence-corrected chi connectivity index (χ2v) is 6.47. The van der Waals surface area contributed by atoms with Crippen LogP contribution in [0.2, 0.25) is 5.02 Å². The molecule has 0 fully saturated rings. The van der Waals surface area contributed by atoms with E-state index in [0.717, 1.165) is 11.5 Å². The zero-order valence-electron chi connectivity index (χ0n) is 10.3. The average Bonchev–Trinajstić information content (AvgIpc) is 2.92. The lowest BCUT2D eigenvalue weighted by Crippen LogP contribution is -2.25. The van der Waals surface area contributed by atoms with E-state index in [1.54, 1.807) is 35.6 Å². The molecule has 0 unspecified atom stereocenters. The van der Waals surface area contributed by atoms with Crippen LogP contribution in [0.5, 0.6) is 0 Å². The first-order valence-electron chi connectivity index (χ1n) is 5.89. The molecule has 1 amide bonds. The van der Waals surface area contributed by atoms with Gasteiger partial charge in [-0.25, -0.2) is 0 Å². The standard InChI is InChI=1S/C14H14ClNOS2/c15-12-5-3-11(4-6-12)14(17)16-7-9-18-10-13-2-1-8-19-13/h1-6,8H,7,9-10H2,(H,16,17). The number of rotatable bonds is 6. The third-order valence-electron chi connectivity index (χ3n) is 2.46. The Labute approximate surface area is 126 Å². The van der Waals surface area contributed by atoms with Gasteiger partial charge in [0, 0.05) is 33.5 Å². The summed E-state index contributed by atoms with van der Waals surface area (Å²) >= 11 is 9.37. The first-order valence-corrected chi connectivity index (χ1v) is 8.31. The Balaban J connectivity index is 1.65. The van der Waals surface area contributed by atoms with E-state index in [1.807, 2.05) is 11.8 Å². The van der Waals surface area contributed by atoms with Gasteiger partial charge in [0.2, 0.25) is 0 Å². The fourth-order valence-corrected chi connectivity index (χ4v) is 3.33. The van der Waals surface area contributed by atoms with Crippen LogP contribution in [0.1, 0.15) is 15.2 Å². The quantitative estimate of drug-likeness (QED) is 0.815. The number of hydrogen-bond donors (Lipinski definition) is 1. The highest BCUT2D eigenvalue weighted by Gasteiger charge is 2.04. The lowest BCUT2D eigenvalue weighted by molar-refractivity contribution is 0.0956. The van der Waals surface area contributed by atoms with Crippen LogP contribution in [-0.2, 0) is 5.75 Å². The molecule has 0 atom stereocenters. The number of thioether (sulfide) groups is 1. The van der Waals surface area contributed by atoms with Crippen molar-refractivity contribution in [3.63, 3.8) is 0 Å². The molecule has 0 radical (unpaired) electrons. The maximum atomic E-state index is 11.8. The van der Waals surface area contributed by atoms with Crippen LogP contribution >= 0.6 is 34.7 Å². The van der Waals surface area contributed by atoms with Gasteiger partial charge in [-0.05, 0) is 35.7 Å². The molecule has 1 aromatic heterocycles. The summed E-state index contributed by atoms with van der Waals surface area (Å²) in [5.74, 6) is 1.87. The van der Waals surface area contributed by atoms with Crippen molar-refractivity contribution in [3.05, 3.63) is 57.2 Å². The molecule has 5 heteroatoms. The fourth-order valence-electron chi connectivity index (χ4n) is 1.51. The summed E-state index contributed by atoms with van der Waals surface area (Å²) in [6, 6.07) is 11.1. The number of benzene rings is 1. The highest BCUT2D eigenvalue weighted by molar-refractivity contribution is 7.98. The van der Waals surface area contributed by atoms with Gasteiger partial charge in [-0.2, -0.15) is 11.8 Å². The SMILES string of the molecule is O=C(NCCSCc1cccs1)c1ccc(Cl)cc1. The number of thiophene rings is 1. The molecule has 1 N–H and O–H groups in total. The normalized spacial score (nSPS) is 10.4. The number of halogens is 1. The van der Waals surface area contributed by atoms with Crippen molar-refractivity contribution in [2.45, 2.75) is 5.75 Å². The molecule has 1 aromatic carbocycles. The predicted octanol–water partition coefficient (Wildman–Crippen LogP) is 4.06. The first-order chi connectivity index (χ1) is 9.25. The van der Waals surface area contributed by atoms with E-state index in [4.69, 9.17) is 11.6 Å². The summed E-state index contributed by atoms with van der Waals surface area (Å²) in [5, 5.41) is 5.62. The highest BCUT2D eigenvalue weighted by atomic mass is 35.5. The Morgan fingerprint density at radius 2 is 2.05 bits per heavy atom. The smallest absolute Gasteiger partial charge is 0.251 e. The zero-order valence-corrected chi connectivity index (χ0v) is 12.7. The third kappa shape index (κ3) is 4.90. The topological polar surface area (TPSA) is 29.1 Å². The Bertz CT molecular complexity index is 511. The Hall–Kier alpha value is -0.970. The number of amides is 1. The van der Waals surface area contributed by atoms with Crippen molar-refractivity contribution >= 4 is 40.6 Å². The molecule has 0 spiro atoms. The minimum Gasteiger partial charge on any atom is -0.351 e. The van der Waals surface area contributed by atoms with Gasteiger partial charge in [0.05, 0.1) is 0 Å². The maximum Gasteiger partial charge on any atom is 0.251 e. The summed E-state index contributed by atoms with van der Waals surface area (Å²) in [4.78, 5) is 13.2. The molecule has 0 aliphatic carbocycles. The number of nitrogens with one attached hydrogen (secondary N) is 1. The number of hydrogen-bond acceptors (Lipinski definition) is 3. The van der Waals surface area contributed by atoms with Gasteiger partial charge in [-0.1, -0.05) is 17.7 Å². The average molecular weight is 312 g/mol. The van der Waals surface area contributed by atoms with E-state index < -0.39 is 0 Å². The molecule has 0 aliphatic rings. The predicted molar refractivity (Wildman–Crippen MR) is 84.3 cm³/mol. The van der Waals surface area contributed by atoms with E-state index >= 15 is 0 Å². The monoisotopic (exact) mass is 311 g/mol. The van der Waals surface area contributed by atoms with Crippen LogP contribution in [0.4, 0.5) is 0 Å². The molecule has 100 valence electrons. The molecule has 2 nitrogen and oxygen atoms in total. The third-order valence-corrected chi connectivity index (χ3v) is 4.78. The van der Waals surface area contributed by atoms with E-state index in [1.165, 1.54) is 4.88 Å². The summed E-state index contributed by atoms with van der Waals surface area (Å²) in [6.07, 6.45) is 0. The summed E-state index contributed by atoms with van der Waals surface area (Å²) in [7, 11) is 0. The Morgan fingerprint density at radius 3 is 2.74 bits per heavy atom. The molecule has 0 saturated heterocycles. The highest BCUT2D eigenvalue weighted by Crippen LogP contribution is 2.16. The van der Waals surface area contributed by atoms with Gasteiger partial charge in [-0.3, -0.25) is 4.79 Å². The summed E-state index contributed by atoms with van der Waals surface area (Å²) < 4.78 is 0. The molecule has 0 saturated carbocycles. The van der Waals surface area contributed by atoms with Crippen LogP contribution < -0.4 is 5.32 Å². The second kappa shape index (κ2) is 7.58. The van der Waals surface area contributed by atoms with E-state index in [2.05, 4.69) is 22.8 Å². The summed E-state index contributed by atoms with van der Waals surface area (Å²) in [5.41, 5.74) is 0.646. The van der Waals surface area contributed by atoms with Gasteiger partial charge in [0.1, 0.15) is 0 Å². The van der Waals surface area contributed by atoms with E-state index in [-0.39, 0.29) is 5.91 Å². The lowest BCUT2D eigenvalue weighted by Gasteiger charge is -2.05. The van der Waals surface area contributed by atoms with Crippen LogP contribution in [0.15, 0.2) is 41.8 Å². The molecular weight excluding hydrogens is 298 g/mol. The molecule has 0 bridgehead atoms. The van der Waals surface area contributed by atoms with Gasteiger partial charge in [-0.15, -0.1) is 11.3 Å². The van der Waals surface area contributed by atoms with Crippen LogP contribution in [0.3, 0.4) is 0 Å². The van der Waals surface area contributed by atoms with Crippen LogP contribution in [-0.4, -0.2) is 18.2 Å². The van der Waals surface area contributed by atoms with Crippen molar-refractivity contribution in [3.8, 4) is 0 Å². The lowest BCUT2D eigenvalue weighted by atomic mass is 10.2. The van der Waals surface area contributed by atoms with Gasteiger partial charge in [0.25, 0.3) is 5.91 Å². The van der Waals surface area contributed by atoms with E-state index in [0.29, 0.717) is 17.1 Å². The Kier molecular flexibility index (Phi) is 5.76. The summed E-state index contributed by atoms with van der Waals surface area (Å²) in [6.45, 7) is 0.678. The van der Waals surface area contributed by atoms with Crippen LogP contribution in [0.25, 0.3) is 0 Å². The molecule has 1 heterocycles. The second-order valence-electron chi connectivity index (χ2n) is 3.89. The minimum absolute atomic E-state index is 0.0478. The van der Waals surface area contributed by atoms with E-state index in [9.17, 15) is 4.79 Å². The molecular formula is C14H14ClNOS2. The Morgan fingerprint density at radius 1 is 1.26 bits per heavy atom.